The van der Waals surface area contributed by atoms with Crippen LogP contribution in [0.3, 0.4) is 0 Å². The Morgan fingerprint density at radius 3 is 1.89 bits per heavy atom. The lowest BCUT2D eigenvalue weighted by molar-refractivity contribution is -0.133. The smallest absolute Gasteiger partial charge is 0.356 e. The summed E-state index contributed by atoms with van der Waals surface area (Å²) in [5, 5.41) is 22.7. The lowest BCUT2D eigenvalue weighted by Crippen LogP contribution is -2.11. The highest BCUT2D eigenvalue weighted by Gasteiger charge is 2.08. The standard InChI is InChI=1S/C12H12N2O2.C5H5N5O.C5H6N2O2/c1-14-8-7-10(13-14)9-12(15)16-11-5-3-2-4-6-11;1-10-3-2-4(8-10)5(11)7-9-6;1-7-3-2-4(6-7)5(8)9/h2-8H,9H2,1H3;2-3H,1H3;2-3H,1H3,(H,8,9). The fourth-order valence-electron chi connectivity index (χ4n) is 2.51. The SMILES string of the molecule is Cn1ccc(C(=O)N=[N+]=[N-])n1.Cn1ccc(C(=O)O)n1.Cn1ccc(CC(=O)Oc2ccccc2)n1. The highest BCUT2D eigenvalue weighted by Crippen LogP contribution is 2.09. The predicted molar refractivity (Wildman–Crippen MR) is 126 cm³/mol. The zero-order valence-electron chi connectivity index (χ0n) is 19.7. The molecule has 3 heterocycles. The Morgan fingerprint density at radius 1 is 0.889 bits per heavy atom. The average Bonchev–Trinajstić information content (AvgIpc) is 3.57. The third-order valence-corrected chi connectivity index (χ3v) is 4.07. The van der Waals surface area contributed by atoms with Crippen molar-refractivity contribution in [1.82, 2.24) is 29.3 Å². The Labute approximate surface area is 205 Å². The molecule has 4 rings (SSSR count). The lowest BCUT2D eigenvalue weighted by Gasteiger charge is -2.01. The summed E-state index contributed by atoms with van der Waals surface area (Å²) in [4.78, 5) is 34.8. The van der Waals surface area contributed by atoms with Crippen LogP contribution >= 0.6 is 0 Å². The molecular formula is C22H23N9O5. The first-order valence-corrected chi connectivity index (χ1v) is 10.2. The molecule has 186 valence electrons. The molecule has 0 aliphatic heterocycles. The Morgan fingerprint density at radius 2 is 1.44 bits per heavy atom. The maximum absolute atomic E-state index is 11.5. The molecule has 1 amide bonds. The van der Waals surface area contributed by atoms with Crippen LogP contribution in [0.4, 0.5) is 0 Å². The number of carbonyl (C=O) groups excluding carboxylic acids is 2. The molecule has 36 heavy (non-hydrogen) atoms. The van der Waals surface area contributed by atoms with E-state index in [1.165, 1.54) is 21.5 Å². The first-order chi connectivity index (χ1) is 17.2. The number of aromatic carboxylic acids is 1. The van der Waals surface area contributed by atoms with Crippen LogP contribution in [0.1, 0.15) is 26.7 Å². The summed E-state index contributed by atoms with van der Waals surface area (Å²) in [7, 11) is 5.16. The Kier molecular flexibility index (Phi) is 10.1. The fraction of sp³-hybridized carbons (Fsp3) is 0.182. The zero-order chi connectivity index (χ0) is 26.5. The summed E-state index contributed by atoms with van der Waals surface area (Å²) in [6.07, 6.45) is 5.17. The van der Waals surface area contributed by atoms with Gasteiger partial charge in [-0.3, -0.25) is 23.6 Å². The van der Waals surface area contributed by atoms with Crippen LogP contribution in [-0.2, 0) is 32.4 Å². The van der Waals surface area contributed by atoms with Crippen molar-refractivity contribution in [2.45, 2.75) is 6.42 Å². The minimum Gasteiger partial charge on any atom is -0.476 e. The topological polar surface area (TPSA) is 183 Å². The zero-order valence-corrected chi connectivity index (χ0v) is 19.7. The number of aromatic nitrogens is 6. The average molecular weight is 493 g/mol. The van der Waals surface area contributed by atoms with E-state index in [9.17, 15) is 14.4 Å². The second-order valence-electron chi connectivity index (χ2n) is 6.99. The molecule has 4 aromatic rings. The number of hydrogen-bond donors (Lipinski definition) is 1. The number of ether oxygens (including phenoxy) is 1. The molecule has 1 aromatic carbocycles. The van der Waals surface area contributed by atoms with E-state index in [4.69, 9.17) is 15.4 Å². The Bertz CT molecular complexity index is 1350. The summed E-state index contributed by atoms with van der Waals surface area (Å²) in [5.41, 5.74) is 8.86. The quantitative estimate of drug-likeness (QED) is 0.145. The van der Waals surface area contributed by atoms with E-state index in [0.29, 0.717) is 11.4 Å². The minimum absolute atomic E-state index is 0.0810. The highest BCUT2D eigenvalue weighted by atomic mass is 16.5. The number of hydrogen-bond acceptors (Lipinski definition) is 7. The maximum Gasteiger partial charge on any atom is 0.356 e. The molecule has 0 aliphatic carbocycles. The summed E-state index contributed by atoms with van der Waals surface area (Å²) < 4.78 is 9.70. The van der Waals surface area contributed by atoms with Gasteiger partial charge in [0.1, 0.15) is 11.4 Å². The van der Waals surface area contributed by atoms with Gasteiger partial charge in [0.2, 0.25) is 0 Å². The van der Waals surface area contributed by atoms with Gasteiger partial charge in [0, 0.05) is 44.6 Å². The molecule has 0 atom stereocenters. The highest BCUT2D eigenvalue weighted by molar-refractivity contribution is 5.92. The number of para-hydroxylation sites is 1. The van der Waals surface area contributed by atoms with Gasteiger partial charge in [0.25, 0.3) is 5.91 Å². The van der Waals surface area contributed by atoms with E-state index < -0.39 is 11.9 Å². The van der Waals surface area contributed by atoms with Crippen molar-refractivity contribution in [3.8, 4) is 5.75 Å². The number of azide groups is 1. The van der Waals surface area contributed by atoms with Crippen molar-refractivity contribution in [1.29, 1.82) is 0 Å². The van der Waals surface area contributed by atoms with Crippen molar-refractivity contribution in [3.05, 3.63) is 94.6 Å². The molecule has 0 radical (unpaired) electrons. The van der Waals surface area contributed by atoms with Crippen molar-refractivity contribution < 1.29 is 24.2 Å². The molecule has 0 saturated heterocycles. The van der Waals surface area contributed by atoms with Gasteiger partial charge in [-0.2, -0.15) is 15.3 Å². The summed E-state index contributed by atoms with van der Waals surface area (Å²) in [6, 6.07) is 13.7. The van der Waals surface area contributed by atoms with Crippen molar-refractivity contribution in [2.75, 3.05) is 0 Å². The molecular weight excluding hydrogens is 470 g/mol. The molecule has 14 heteroatoms. The number of benzene rings is 1. The van der Waals surface area contributed by atoms with Gasteiger partial charge in [-0.25, -0.2) is 4.79 Å². The molecule has 3 aromatic heterocycles. The van der Waals surface area contributed by atoms with E-state index in [1.54, 1.807) is 55.6 Å². The van der Waals surface area contributed by atoms with Gasteiger partial charge in [-0.15, -0.1) is 0 Å². The van der Waals surface area contributed by atoms with Crippen LogP contribution < -0.4 is 4.74 Å². The third-order valence-electron chi connectivity index (χ3n) is 4.07. The van der Waals surface area contributed by atoms with Crippen LogP contribution in [0.5, 0.6) is 5.75 Å². The van der Waals surface area contributed by atoms with E-state index in [2.05, 4.69) is 25.3 Å². The van der Waals surface area contributed by atoms with Gasteiger partial charge < -0.3 is 9.84 Å². The number of rotatable bonds is 5. The number of amides is 1. The van der Waals surface area contributed by atoms with Crippen molar-refractivity contribution in [3.63, 3.8) is 0 Å². The summed E-state index contributed by atoms with van der Waals surface area (Å²) in [5.74, 6) is -1.39. The van der Waals surface area contributed by atoms with Crippen molar-refractivity contribution >= 4 is 17.8 Å². The normalized spacial score (nSPS) is 9.53. The molecule has 0 fully saturated rings. The van der Waals surface area contributed by atoms with Crippen molar-refractivity contribution in [2.24, 2.45) is 26.3 Å². The van der Waals surface area contributed by atoms with E-state index >= 15 is 0 Å². The van der Waals surface area contributed by atoms with Gasteiger partial charge in [-0.05, 0) is 41.0 Å². The molecule has 0 bridgehead atoms. The molecule has 0 aliphatic rings. The Balaban J connectivity index is 0.000000200. The fourth-order valence-corrected chi connectivity index (χ4v) is 2.51. The lowest BCUT2D eigenvalue weighted by atomic mass is 10.3. The van der Waals surface area contributed by atoms with Crippen LogP contribution in [0.25, 0.3) is 10.4 Å². The molecule has 0 unspecified atom stereocenters. The molecule has 14 nitrogen and oxygen atoms in total. The third kappa shape index (κ3) is 9.33. The van der Waals surface area contributed by atoms with Crippen LogP contribution in [0.2, 0.25) is 0 Å². The van der Waals surface area contributed by atoms with E-state index in [-0.39, 0.29) is 23.8 Å². The maximum atomic E-state index is 11.5. The van der Waals surface area contributed by atoms with Gasteiger partial charge in [0.15, 0.2) is 5.69 Å². The number of esters is 1. The number of aryl methyl sites for hydroxylation is 3. The first kappa shape index (κ1) is 27.0. The second-order valence-corrected chi connectivity index (χ2v) is 6.99. The van der Waals surface area contributed by atoms with Gasteiger partial charge in [0.05, 0.1) is 12.1 Å². The van der Waals surface area contributed by atoms with Crippen LogP contribution in [-0.4, -0.2) is 52.3 Å². The Hall–Kier alpha value is -5.23. The number of carbonyl (C=O) groups is 3. The second kappa shape index (κ2) is 13.5. The van der Waals surface area contributed by atoms with Crippen LogP contribution in [0.15, 0.2) is 72.2 Å². The van der Waals surface area contributed by atoms with E-state index in [0.717, 1.165) is 0 Å². The monoisotopic (exact) mass is 493 g/mol. The molecule has 1 N–H and O–H groups in total. The largest absolute Gasteiger partial charge is 0.476 e. The first-order valence-electron chi connectivity index (χ1n) is 10.2. The predicted octanol–water partition coefficient (Wildman–Crippen LogP) is 2.56. The number of nitrogens with zero attached hydrogens (tertiary/aromatic N) is 9. The van der Waals surface area contributed by atoms with Crippen LogP contribution in [0, 0.1) is 0 Å². The molecule has 0 spiro atoms. The molecule has 0 saturated carbocycles. The van der Waals surface area contributed by atoms with Gasteiger partial charge >= 0.3 is 11.9 Å². The summed E-state index contributed by atoms with van der Waals surface area (Å²) in [6.45, 7) is 0. The number of carboxylic acid groups (broad SMARTS) is 1. The number of carboxylic acids is 1. The minimum atomic E-state index is -0.990. The van der Waals surface area contributed by atoms with Gasteiger partial charge in [-0.1, -0.05) is 18.2 Å². The summed E-state index contributed by atoms with van der Waals surface area (Å²) >= 11 is 0. The van der Waals surface area contributed by atoms with E-state index in [1.807, 2.05) is 25.2 Å².